The van der Waals surface area contributed by atoms with Crippen molar-refractivity contribution in [2.24, 2.45) is 4.99 Å². The first kappa shape index (κ1) is 38.8. The molecule has 6 rings (SSSR count). The molecule has 0 saturated heterocycles. The number of hydrogen-bond donors (Lipinski definition) is 1. The number of nitrogens with zero attached hydrogens (tertiary/aromatic N) is 8. The molecule has 0 saturated carbocycles. The molecule has 0 bridgehead atoms. The van der Waals surface area contributed by atoms with Crippen LogP contribution >= 0.6 is 23.2 Å². The van der Waals surface area contributed by atoms with Gasteiger partial charge in [0.1, 0.15) is 40.1 Å². The number of nitro groups is 1. The lowest BCUT2D eigenvalue weighted by molar-refractivity contribution is -0.880. The molecule has 1 N–H and O–H groups in total. The second-order valence-electron chi connectivity index (χ2n) is 13.5. The molecule has 0 fully saturated rings. The van der Waals surface area contributed by atoms with Crippen molar-refractivity contribution in [3.05, 3.63) is 121 Å². The van der Waals surface area contributed by atoms with Gasteiger partial charge < -0.3 is 29.4 Å². The van der Waals surface area contributed by atoms with E-state index in [1.807, 2.05) is 44.4 Å². The molecule has 2 aliphatic rings. The lowest BCUT2D eigenvalue weighted by Gasteiger charge is -2.37. The number of hydrogen-bond acceptors (Lipinski definition) is 11. The third-order valence-electron chi connectivity index (χ3n) is 8.90. The highest BCUT2D eigenvalue weighted by Gasteiger charge is 2.37. The number of anilines is 4. The number of quaternary nitrogens is 1. The maximum atomic E-state index is 14.5. The molecule has 284 valence electrons. The largest absolute Gasteiger partial charge is 0.495 e. The van der Waals surface area contributed by atoms with Crippen LogP contribution in [0.5, 0.6) is 11.5 Å². The highest BCUT2D eigenvalue weighted by molar-refractivity contribution is 6.42. The van der Waals surface area contributed by atoms with E-state index in [9.17, 15) is 19.7 Å². The Morgan fingerprint density at radius 1 is 1.07 bits per heavy atom. The van der Waals surface area contributed by atoms with E-state index in [-0.39, 0.29) is 64.3 Å². The number of rotatable bonds is 15. The number of allylic oxidation sites excluding steroid dienone is 1. The van der Waals surface area contributed by atoms with Crippen LogP contribution in [0.1, 0.15) is 23.1 Å². The third-order valence-corrected chi connectivity index (χ3v) is 9.63. The Bertz CT molecular complexity index is 2200. The summed E-state index contributed by atoms with van der Waals surface area (Å²) >= 11 is 13.6. The number of urea groups is 1. The smallest absolute Gasteiger partial charge is 0.368 e. The lowest BCUT2D eigenvalue weighted by atomic mass is 10.0. The van der Waals surface area contributed by atoms with E-state index in [1.165, 1.54) is 30.1 Å². The topological polar surface area (TPSA) is 165 Å². The van der Waals surface area contributed by atoms with Crippen molar-refractivity contribution >= 4 is 64.4 Å². The average Bonchev–Trinajstić information content (AvgIpc) is 3.62. The molecule has 2 amide bonds. The molecule has 0 atom stereocenters. The van der Waals surface area contributed by atoms with Gasteiger partial charge in [0.25, 0.3) is 0 Å². The van der Waals surface area contributed by atoms with Crippen LogP contribution in [0, 0.1) is 10.1 Å². The van der Waals surface area contributed by atoms with E-state index < -0.39 is 11.0 Å². The van der Waals surface area contributed by atoms with Crippen molar-refractivity contribution in [2.45, 2.75) is 25.9 Å². The molecule has 0 spiro atoms. The van der Waals surface area contributed by atoms with Crippen molar-refractivity contribution in [1.29, 1.82) is 0 Å². The molecule has 0 radical (unpaired) electrons. The normalized spacial score (nSPS) is 14.1. The molecule has 4 aromatic rings. The van der Waals surface area contributed by atoms with Gasteiger partial charge in [-0.3, -0.25) is 19.6 Å². The van der Waals surface area contributed by atoms with E-state index in [1.54, 1.807) is 43.0 Å². The summed E-state index contributed by atoms with van der Waals surface area (Å²) < 4.78 is 11.4. The monoisotopic (exact) mass is 786 g/mol. The van der Waals surface area contributed by atoms with E-state index in [0.717, 1.165) is 11.1 Å². The van der Waals surface area contributed by atoms with Gasteiger partial charge in [-0.25, -0.2) is 9.78 Å². The van der Waals surface area contributed by atoms with E-state index in [2.05, 4.69) is 20.3 Å². The number of carbonyl (C=O) groups is 2. The van der Waals surface area contributed by atoms with Crippen LogP contribution in [0.3, 0.4) is 0 Å². The molecule has 17 heteroatoms. The van der Waals surface area contributed by atoms with Gasteiger partial charge in [0.15, 0.2) is 5.78 Å². The van der Waals surface area contributed by atoms with Gasteiger partial charge in [-0.1, -0.05) is 52.5 Å². The van der Waals surface area contributed by atoms with Crippen LogP contribution in [-0.2, 0) is 24.3 Å². The molecule has 2 aliphatic heterocycles. The van der Waals surface area contributed by atoms with Crippen LogP contribution in [0.15, 0.2) is 89.6 Å². The summed E-state index contributed by atoms with van der Waals surface area (Å²) in [6, 6.07) is 12.1. The summed E-state index contributed by atoms with van der Waals surface area (Å²) in [6.07, 6.45) is 10.3. The average molecular weight is 788 g/mol. The predicted octanol–water partition coefficient (Wildman–Crippen LogP) is 6.79. The Hall–Kier alpha value is -5.90. The SMILES string of the molecule is COc1cc(OC)c(Cl)c(N2Cc3cnc(Nc4cccnc4)nc3N(Cc3cccc(CC(=O)/C=C/C[N+](C)(C)CC4=C([N+](=O)[O-])N=CC4)c3)C2=O)c1Cl. The van der Waals surface area contributed by atoms with Gasteiger partial charge >= 0.3 is 11.9 Å². The standard InChI is InChI=1S/C38H38Cl2N9O6/c1-49(2,23-26-12-14-42-35(26)48(52)53)15-7-11-29(50)17-24-8-5-9-25(16-24)21-47-36-27(19-43-37(45-36)44-28-10-6-13-41-20-28)22-46(38(47)51)34-32(39)30(54-3)18-31(55-4)33(34)40/h5-11,13-14,16,18-20H,12,15,17,21-23H2,1-4H3,(H,43,44,45)/q+1/b11-7+. The summed E-state index contributed by atoms with van der Waals surface area (Å²) in [5, 5.41) is 14.7. The second-order valence-corrected chi connectivity index (χ2v) is 14.2. The number of ketones is 1. The number of fused-ring (bicyclic) bond motifs is 1. The quantitative estimate of drug-likeness (QED) is 0.0587. The van der Waals surface area contributed by atoms with Crippen LogP contribution in [0.4, 0.5) is 27.9 Å². The van der Waals surface area contributed by atoms with Crippen molar-refractivity contribution in [1.82, 2.24) is 15.0 Å². The van der Waals surface area contributed by atoms with E-state index in [0.29, 0.717) is 46.6 Å². The molecule has 15 nitrogen and oxygen atoms in total. The summed E-state index contributed by atoms with van der Waals surface area (Å²) in [5.74, 6) is 0.961. The summed E-state index contributed by atoms with van der Waals surface area (Å²) in [6.45, 7) is 1.05. The Labute approximate surface area is 327 Å². The third kappa shape index (κ3) is 8.91. The zero-order valence-corrected chi connectivity index (χ0v) is 32.0. The molecule has 55 heavy (non-hydrogen) atoms. The van der Waals surface area contributed by atoms with Crippen molar-refractivity contribution in [2.75, 3.05) is 56.5 Å². The van der Waals surface area contributed by atoms with Gasteiger partial charge in [0.05, 0.1) is 71.1 Å². The fourth-order valence-corrected chi connectivity index (χ4v) is 7.04. The molecule has 2 aromatic carbocycles. The number of likely N-dealkylation sites (N-methyl/N-ethyl adjacent to an activating group) is 1. The number of aromatic nitrogens is 3. The second kappa shape index (κ2) is 16.6. The van der Waals surface area contributed by atoms with Crippen LogP contribution in [-0.4, -0.2) is 83.8 Å². The van der Waals surface area contributed by atoms with Gasteiger partial charge in [0, 0.05) is 36.9 Å². The summed E-state index contributed by atoms with van der Waals surface area (Å²) in [5.41, 5.74) is 3.63. The Morgan fingerprint density at radius 2 is 1.82 bits per heavy atom. The van der Waals surface area contributed by atoms with E-state index in [4.69, 9.17) is 37.7 Å². The first-order valence-electron chi connectivity index (χ1n) is 17.1. The number of amides is 2. The number of nitrogens with one attached hydrogen (secondary N) is 1. The number of aliphatic imine (C=N–C) groups is 1. The number of carbonyl (C=O) groups excluding carboxylic acids is 2. The molecule has 4 heterocycles. The van der Waals surface area contributed by atoms with Crippen molar-refractivity contribution in [3.63, 3.8) is 0 Å². The molecular formula is C38H38Cl2N9O6+. The Kier molecular flexibility index (Phi) is 11.7. The van der Waals surface area contributed by atoms with Crippen molar-refractivity contribution in [3.8, 4) is 11.5 Å². The minimum Gasteiger partial charge on any atom is -0.495 e. The molecule has 0 aliphatic carbocycles. The van der Waals surface area contributed by atoms with Crippen LogP contribution in [0.2, 0.25) is 10.0 Å². The highest BCUT2D eigenvalue weighted by Crippen LogP contribution is 2.48. The lowest BCUT2D eigenvalue weighted by Crippen LogP contribution is -2.48. The maximum absolute atomic E-state index is 14.5. The van der Waals surface area contributed by atoms with Gasteiger partial charge in [-0.2, -0.15) is 4.98 Å². The van der Waals surface area contributed by atoms with Gasteiger partial charge in [-0.05, 0) is 40.3 Å². The number of methoxy groups -OCH3 is 2. The minimum absolute atomic E-state index is 0.0479. The Balaban J connectivity index is 1.24. The zero-order valence-electron chi connectivity index (χ0n) is 30.5. The van der Waals surface area contributed by atoms with Gasteiger partial charge in [-0.15, -0.1) is 0 Å². The van der Waals surface area contributed by atoms with Crippen LogP contribution < -0.4 is 24.6 Å². The number of ether oxygens (including phenoxy) is 2. The number of benzene rings is 2. The van der Waals surface area contributed by atoms with E-state index >= 15 is 0 Å². The van der Waals surface area contributed by atoms with Gasteiger partial charge in [0.2, 0.25) is 5.95 Å². The molecule has 2 aromatic heterocycles. The highest BCUT2D eigenvalue weighted by atomic mass is 35.5. The van der Waals surface area contributed by atoms with Crippen molar-refractivity contribution < 1.29 is 28.5 Å². The molecular weight excluding hydrogens is 749 g/mol. The van der Waals surface area contributed by atoms with Crippen LogP contribution in [0.25, 0.3) is 0 Å². The Morgan fingerprint density at radius 3 is 2.51 bits per heavy atom. The number of halogens is 2. The minimum atomic E-state index is -0.465. The first-order valence-corrected chi connectivity index (χ1v) is 17.8. The number of pyridine rings is 1. The fourth-order valence-electron chi connectivity index (χ4n) is 6.34. The first-order chi connectivity index (χ1) is 26.4. The fraction of sp³-hybridized carbons (Fsp3) is 0.263. The predicted molar refractivity (Wildman–Crippen MR) is 210 cm³/mol. The summed E-state index contributed by atoms with van der Waals surface area (Å²) in [7, 11) is 6.80. The summed E-state index contributed by atoms with van der Waals surface area (Å²) in [4.78, 5) is 58.7. The zero-order chi connectivity index (χ0) is 39.3. The molecule has 0 unspecified atom stereocenters. The maximum Gasteiger partial charge on any atom is 0.368 e.